The molecule has 0 aliphatic heterocycles. The van der Waals surface area contributed by atoms with Crippen molar-refractivity contribution in [3.63, 3.8) is 0 Å². The van der Waals surface area contributed by atoms with E-state index in [1.165, 1.54) is 24.3 Å². The molecule has 0 saturated heterocycles. The van der Waals surface area contributed by atoms with Gasteiger partial charge in [-0.1, -0.05) is 65.7 Å². The summed E-state index contributed by atoms with van der Waals surface area (Å²) in [5.41, 5.74) is 13.2. The molecular weight excluding hydrogens is 620 g/mol. The summed E-state index contributed by atoms with van der Waals surface area (Å²) in [6, 6.07) is 16.4. The van der Waals surface area contributed by atoms with Crippen LogP contribution in [0, 0.1) is 11.8 Å². The molecule has 8 nitrogen and oxygen atoms in total. The number of alkyl halides is 3. The maximum Gasteiger partial charge on any atom is 0.401 e. The van der Waals surface area contributed by atoms with Gasteiger partial charge in [0.2, 0.25) is 17.7 Å². The lowest BCUT2D eigenvalue weighted by molar-refractivity contribution is -0.194. The van der Waals surface area contributed by atoms with Crippen molar-refractivity contribution in [2.24, 2.45) is 23.3 Å². The standard InChI is InChI=1S/C31H33Cl2F3N4O4/c1-2-44-22-10-7-18(8-11-22)13-23(27(28(38)41)31(34,35)36)29(42)40-26(15-21-9-12-24(32)25(33)14-21)30(43)39-17-20-5-3-19(16-37)4-6-20/h3-12,14,23,26-27H,2,13,15-17,37H2,1H3,(H2,38,41)(H,39,43)(H,40,42)/t23-,26+,27?/m1/s1. The first-order valence-corrected chi connectivity index (χ1v) is 14.5. The van der Waals surface area contributed by atoms with E-state index < -0.39 is 48.2 Å². The molecule has 0 aliphatic carbocycles. The Hall–Kier alpha value is -3.80. The molecular formula is C31H33Cl2F3N4O4. The first kappa shape index (κ1) is 34.7. The van der Waals surface area contributed by atoms with Gasteiger partial charge in [-0.15, -0.1) is 0 Å². The third kappa shape index (κ3) is 9.87. The SMILES string of the molecule is CCOc1ccc(C[C@@H](C(=O)N[C@@H](Cc2ccc(Cl)c(Cl)c2)C(=O)NCc2ccc(CN)cc2)C(C(N)=O)C(F)(F)F)cc1. The molecule has 3 rings (SSSR count). The molecule has 3 aromatic rings. The fourth-order valence-electron chi connectivity index (χ4n) is 4.59. The quantitative estimate of drug-likeness (QED) is 0.200. The van der Waals surface area contributed by atoms with Gasteiger partial charge in [-0.25, -0.2) is 0 Å². The van der Waals surface area contributed by atoms with Crippen molar-refractivity contribution in [2.75, 3.05) is 6.61 Å². The molecule has 3 amide bonds. The van der Waals surface area contributed by atoms with E-state index in [9.17, 15) is 27.6 Å². The number of halogens is 5. The van der Waals surface area contributed by atoms with Gasteiger partial charge in [0.05, 0.1) is 22.6 Å². The maximum atomic E-state index is 14.1. The fraction of sp³-hybridized carbons (Fsp3) is 0.323. The molecule has 0 spiro atoms. The summed E-state index contributed by atoms with van der Waals surface area (Å²) < 4.78 is 47.7. The van der Waals surface area contributed by atoms with Crippen LogP contribution in [-0.4, -0.2) is 36.5 Å². The van der Waals surface area contributed by atoms with Crippen molar-refractivity contribution in [2.45, 2.75) is 45.1 Å². The molecule has 13 heteroatoms. The topological polar surface area (TPSA) is 137 Å². The van der Waals surface area contributed by atoms with E-state index in [0.717, 1.165) is 11.1 Å². The zero-order chi connectivity index (χ0) is 32.4. The van der Waals surface area contributed by atoms with E-state index in [2.05, 4.69) is 10.6 Å². The number of amides is 3. The third-order valence-electron chi connectivity index (χ3n) is 6.87. The average molecular weight is 654 g/mol. The highest BCUT2D eigenvalue weighted by atomic mass is 35.5. The van der Waals surface area contributed by atoms with E-state index in [1.54, 1.807) is 49.4 Å². The minimum atomic E-state index is -5.13. The molecule has 1 unspecified atom stereocenters. The predicted octanol–water partition coefficient (Wildman–Crippen LogP) is 4.72. The Labute approximate surface area is 263 Å². The zero-order valence-electron chi connectivity index (χ0n) is 23.8. The van der Waals surface area contributed by atoms with Crippen LogP contribution in [0.2, 0.25) is 10.0 Å². The van der Waals surface area contributed by atoms with Gasteiger partial charge in [-0.2, -0.15) is 13.2 Å². The molecule has 0 aromatic heterocycles. The number of nitrogens with one attached hydrogen (secondary N) is 2. The molecule has 0 aliphatic rings. The van der Waals surface area contributed by atoms with Crippen LogP contribution in [0.25, 0.3) is 0 Å². The molecule has 3 aromatic carbocycles. The number of benzene rings is 3. The Kier molecular flexibility index (Phi) is 12.4. The van der Waals surface area contributed by atoms with Crippen molar-refractivity contribution in [1.29, 1.82) is 0 Å². The summed E-state index contributed by atoms with van der Waals surface area (Å²) in [7, 11) is 0. The van der Waals surface area contributed by atoms with Crippen LogP contribution in [0.15, 0.2) is 66.7 Å². The van der Waals surface area contributed by atoms with Crippen molar-refractivity contribution >= 4 is 40.9 Å². The van der Waals surface area contributed by atoms with E-state index in [0.29, 0.717) is 30.0 Å². The minimum Gasteiger partial charge on any atom is -0.494 e. The van der Waals surface area contributed by atoms with E-state index in [1.807, 2.05) is 0 Å². The highest BCUT2D eigenvalue weighted by Gasteiger charge is 2.51. The summed E-state index contributed by atoms with van der Waals surface area (Å²) in [6.07, 6.45) is -5.75. The van der Waals surface area contributed by atoms with Crippen LogP contribution in [0.1, 0.15) is 29.2 Å². The minimum absolute atomic E-state index is 0.0689. The Balaban J connectivity index is 1.91. The molecule has 0 radical (unpaired) electrons. The number of nitrogens with two attached hydrogens (primary N) is 2. The Bertz CT molecular complexity index is 1440. The number of carbonyl (C=O) groups is 3. The lowest BCUT2D eigenvalue weighted by atomic mass is 9.84. The number of hydrogen-bond donors (Lipinski definition) is 4. The second-order valence-corrected chi connectivity index (χ2v) is 10.9. The largest absolute Gasteiger partial charge is 0.494 e. The van der Waals surface area contributed by atoms with Gasteiger partial charge in [0.15, 0.2) is 0 Å². The highest BCUT2D eigenvalue weighted by molar-refractivity contribution is 6.42. The maximum absolute atomic E-state index is 14.1. The molecule has 0 saturated carbocycles. The van der Waals surface area contributed by atoms with Gasteiger partial charge in [0.25, 0.3) is 0 Å². The van der Waals surface area contributed by atoms with E-state index in [-0.39, 0.29) is 23.0 Å². The summed E-state index contributed by atoms with van der Waals surface area (Å²) in [5, 5.41) is 5.59. The van der Waals surface area contributed by atoms with Crippen LogP contribution in [0.4, 0.5) is 13.2 Å². The number of hydrogen-bond acceptors (Lipinski definition) is 5. The highest BCUT2D eigenvalue weighted by Crippen LogP contribution is 2.34. The zero-order valence-corrected chi connectivity index (χ0v) is 25.3. The molecule has 0 fully saturated rings. The van der Waals surface area contributed by atoms with Gasteiger partial charge < -0.3 is 26.8 Å². The summed E-state index contributed by atoms with van der Waals surface area (Å²) in [4.78, 5) is 39.1. The first-order valence-electron chi connectivity index (χ1n) is 13.7. The number of ether oxygens (including phenoxy) is 1. The summed E-state index contributed by atoms with van der Waals surface area (Å²) in [6.45, 7) is 2.56. The second-order valence-electron chi connectivity index (χ2n) is 10.1. The summed E-state index contributed by atoms with van der Waals surface area (Å²) in [5.74, 6) is -7.87. The molecule has 0 bridgehead atoms. The van der Waals surface area contributed by atoms with Crippen LogP contribution in [-0.2, 0) is 40.3 Å². The molecule has 236 valence electrons. The van der Waals surface area contributed by atoms with Gasteiger partial charge in [-0.3, -0.25) is 14.4 Å². The summed E-state index contributed by atoms with van der Waals surface area (Å²) >= 11 is 12.1. The smallest absolute Gasteiger partial charge is 0.401 e. The molecule has 3 atom stereocenters. The van der Waals surface area contributed by atoms with Crippen LogP contribution in [0.3, 0.4) is 0 Å². The van der Waals surface area contributed by atoms with Gasteiger partial charge in [0, 0.05) is 19.5 Å². The Morgan fingerprint density at radius 1 is 0.841 bits per heavy atom. The third-order valence-corrected chi connectivity index (χ3v) is 7.61. The fourth-order valence-corrected chi connectivity index (χ4v) is 4.91. The van der Waals surface area contributed by atoms with Crippen LogP contribution < -0.4 is 26.8 Å². The average Bonchev–Trinajstić information content (AvgIpc) is 2.97. The predicted molar refractivity (Wildman–Crippen MR) is 162 cm³/mol. The Morgan fingerprint density at radius 2 is 1.43 bits per heavy atom. The lowest BCUT2D eigenvalue weighted by Gasteiger charge is -2.28. The van der Waals surface area contributed by atoms with Gasteiger partial charge in [0.1, 0.15) is 17.7 Å². The molecule has 44 heavy (non-hydrogen) atoms. The van der Waals surface area contributed by atoms with Crippen molar-refractivity contribution < 1.29 is 32.3 Å². The number of rotatable bonds is 14. The van der Waals surface area contributed by atoms with Crippen molar-refractivity contribution in [1.82, 2.24) is 10.6 Å². The molecule has 6 N–H and O–H groups in total. The number of carbonyl (C=O) groups excluding carboxylic acids is 3. The first-order chi connectivity index (χ1) is 20.8. The van der Waals surface area contributed by atoms with Crippen molar-refractivity contribution in [3.05, 3.63) is 99.0 Å². The second kappa shape index (κ2) is 15.8. The van der Waals surface area contributed by atoms with E-state index >= 15 is 0 Å². The molecule has 0 heterocycles. The lowest BCUT2D eigenvalue weighted by Crippen LogP contribution is -2.53. The van der Waals surface area contributed by atoms with Gasteiger partial charge >= 0.3 is 6.18 Å². The number of primary amides is 1. The van der Waals surface area contributed by atoms with Crippen molar-refractivity contribution in [3.8, 4) is 5.75 Å². The van der Waals surface area contributed by atoms with E-state index in [4.69, 9.17) is 39.4 Å². The Morgan fingerprint density at radius 3 is 1.98 bits per heavy atom. The van der Waals surface area contributed by atoms with Gasteiger partial charge in [-0.05, 0) is 59.9 Å². The van der Waals surface area contributed by atoms with Crippen LogP contribution in [0.5, 0.6) is 5.75 Å². The monoisotopic (exact) mass is 652 g/mol. The normalized spacial score (nSPS) is 13.4. The van der Waals surface area contributed by atoms with Crippen LogP contribution >= 0.6 is 23.2 Å².